The monoisotopic (exact) mass is 311 g/mol. The van der Waals surface area contributed by atoms with Crippen LogP contribution in [0.15, 0.2) is 47.4 Å². The maximum Gasteiger partial charge on any atom is 0.178 e. The number of rotatable bonds is 5. The molecule has 21 heavy (non-hydrogen) atoms. The highest BCUT2D eigenvalue weighted by Crippen LogP contribution is 2.16. The summed E-state index contributed by atoms with van der Waals surface area (Å²) in [5.41, 5.74) is 1.15. The molecule has 0 radical (unpaired) electrons. The zero-order valence-corrected chi connectivity index (χ0v) is 12.3. The average Bonchev–Trinajstić information content (AvgIpc) is 2.44. The molecule has 0 aliphatic rings. The first-order chi connectivity index (χ1) is 9.90. The van der Waals surface area contributed by atoms with Crippen LogP contribution in [-0.4, -0.2) is 14.2 Å². The minimum Gasteiger partial charge on any atom is -0.381 e. The van der Waals surface area contributed by atoms with E-state index in [1.165, 1.54) is 24.3 Å². The average molecular weight is 311 g/mol. The second-order valence-electron chi connectivity index (χ2n) is 4.56. The van der Waals surface area contributed by atoms with Crippen LogP contribution in [0.2, 0.25) is 0 Å². The number of hydrogen-bond donors (Lipinski definition) is 1. The SMILES string of the molecule is CCS(=O)(=O)c1ccc(NCc2cc(F)cc(F)c2)cc1. The quantitative estimate of drug-likeness (QED) is 0.921. The molecule has 112 valence electrons. The van der Waals surface area contributed by atoms with Crippen LogP contribution in [0.5, 0.6) is 0 Å². The van der Waals surface area contributed by atoms with Crippen molar-refractivity contribution in [1.82, 2.24) is 0 Å². The lowest BCUT2D eigenvalue weighted by Crippen LogP contribution is -2.04. The van der Waals surface area contributed by atoms with Crippen LogP contribution in [-0.2, 0) is 16.4 Å². The summed E-state index contributed by atoms with van der Waals surface area (Å²) in [6.45, 7) is 1.83. The summed E-state index contributed by atoms with van der Waals surface area (Å²) in [5.74, 6) is -1.21. The third-order valence-electron chi connectivity index (χ3n) is 3.01. The van der Waals surface area contributed by atoms with Crippen molar-refractivity contribution in [2.24, 2.45) is 0 Å². The Balaban J connectivity index is 2.07. The topological polar surface area (TPSA) is 46.2 Å². The molecule has 3 nitrogen and oxygen atoms in total. The van der Waals surface area contributed by atoms with Crippen molar-refractivity contribution < 1.29 is 17.2 Å². The van der Waals surface area contributed by atoms with Crippen molar-refractivity contribution >= 4 is 15.5 Å². The van der Waals surface area contributed by atoms with Crippen LogP contribution in [0.4, 0.5) is 14.5 Å². The van der Waals surface area contributed by atoms with E-state index >= 15 is 0 Å². The molecule has 0 spiro atoms. The number of nitrogens with one attached hydrogen (secondary N) is 1. The number of halogens is 2. The standard InChI is InChI=1S/C15H15F2NO2S/c1-2-21(19,20)15-5-3-14(4-6-15)18-10-11-7-12(16)9-13(17)8-11/h3-9,18H,2,10H2,1H3. The highest BCUT2D eigenvalue weighted by atomic mass is 32.2. The van der Waals surface area contributed by atoms with Crippen molar-refractivity contribution in [3.05, 3.63) is 59.7 Å². The highest BCUT2D eigenvalue weighted by molar-refractivity contribution is 7.91. The Bertz CT molecular complexity index is 708. The van der Waals surface area contributed by atoms with E-state index in [1.54, 1.807) is 19.1 Å². The molecular formula is C15H15F2NO2S. The lowest BCUT2D eigenvalue weighted by Gasteiger charge is -2.08. The zero-order chi connectivity index (χ0) is 15.5. The molecule has 6 heteroatoms. The summed E-state index contributed by atoms with van der Waals surface area (Å²) in [4.78, 5) is 0.257. The van der Waals surface area contributed by atoms with E-state index in [9.17, 15) is 17.2 Å². The van der Waals surface area contributed by atoms with Crippen molar-refractivity contribution in [3.63, 3.8) is 0 Å². The fourth-order valence-corrected chi connectivity index (χ4v) is 2.75. The van der Waals surface area contributed by atoms with Gasteiger partial charge >= 0.3 is 0 Å². The van der Waals surface area contributed by atoms with Gasteiger partial charge < -0.3 is 5.32 Å². The van der Waals surface area contributed by atoms with E-state index in [0.717, 1.165) is 6.07 Å². The number of anilines is 1. The molecule has 0 aliphatic carbocycles. The van der Waals surface area contributed by atoms with Crippen molar-refractivity contribution in [2.45, 2.75) is 18.4 Å². The van der Waals surface area contributed by atoms with E-state index in [-0.39, 0.29) is 17.2 Å². The van der Waals surface area contributed by atoms with E-state index in [1.807, 2.05) is 0 Å². The van der Waals surface area contributed by atoms with E-state index < -0.39 is 21.5 Å². The molecule has 0 saturated carbocycles. The predicted octanol–water partition coefficient (Wildman–Crippen LogP) is 3.37. The molecule has 2 aromatic rings. The molecule has 1 N–H and O–H groups in total. The molecule has 0 unspecified atom stereocenters. The minimum atomic E-state index is -3.22. The number of sulfone groups is 1. The summed E-state index contributed by atoms with van der Waals surface area (Å²) in [7, 11) is -3.22. The van der Waals surface area contributed by atoms with Crippen LogP contribution in [0.1, 0.15) is 12.5 Å². The molecule has 0 fully saturated rings. The third kappa shape index (κ3) is 4.01. The number of benzene rings is 2. The first kappa shape index (κ1) is 15.4. The highest BCUT2D eigenvalue weighted by Gasteiger charge is 2.10. The van der Waals surface area contributed by atoms with Gasteiger partial charge in [-0.3, -0.25) is 0 Å². The Morgan fingerprint density at radius 3 is 2.10 bits per heavy atom. The van der Waals surface area contributed by atoms with Crippen LogP contribution < -0.4 is 5.32 Å². The van der Waals surface area contributed by atoms with Crippen LogP contribution in [0.3, 0.4) is 0 Å². The molecule has 0 saturated heterocycles. The van der Waals surface area contributed by atoms with Gasteiger partial charge in [-0.2, -0.15) is 0 Å². The second-order valence-corrected chi connectivity index (χ2v) is 6.84. The molecule has 0 amide bonds. The molecule has 0 heterocycles. The van der Waals surface area contributed by atoms with Gasteiger partial charge in [0, 0.05) is 18.3 Å². The maximum absolute atomic E-state index is 13.0. The molecule has 0 bridgehead atoms. The maximum atomic E-state index is 13.0. The van der Waals surface area contributed by atoms with Gasteiger partial charge in [0.25, 0.3) is 0 Å². The summed E-state index contributed by atoms with van der Waals surface area (Å²) in [6, 6.07) is 9.56. The van der Waals surface area contributed by atoms with Gasteiger partial charge in [0.1, 0.15) is 11.6 Å². The van der Waals surface area contributed by atoms with Crippen LogP contribution >= 0.6 is 0 Å². The van der Waals surface area contributed by atoms with Gasteiger partial charge in [-0.25, -0.2) is 17.2 Å². The normalized spacial score (nSPS) is 11.4. The van der Waals surface area contributed by atoms with Gasteiger partial charge in [-0.1, -0.05) is 6.92 Å². The molecule has 0 aromatic heterocycles. The smallest absolute Gasteiger partial charge is 0.178 e. The van der Waals surface area contributed by atoms with Gasteiger partial charge in [-0.05, 0) is 42.0 Å². The first-order valence-electron chi connectivity index (χ1n) is 6.42. The van der Waals surface area contributed by atoms with Gasteiger partial charge in [0.15, 0.2) is 9.84 Å². The number of hydrogen-bond acceptors (Lipinski definition) is 3. The first-order valence-corrected chi connectivity index (χ1v) is 8.07. The van der Waals surface area contributed by atoms with Gasteiger partial charge in [0.2, 0.25) is 0 Å². The van der Waals surface area contributed by atoms with Gasteiger partial charge in [0.05, 0.1) is 10.6 Å². The molecular weight excluding hydrogens is 296 g/mol. The minimum absolute atomic E-state index is 0.0440. The Labute approximate surface area is 122 Å². The van der Waals surface area contributed by atoms with Crippen molar-refractivity contribution in [2.75, 3.05) is 11.1 Å². The molecule has 0 aliphatic heterocycles. The Hall–Kier alpha value is -1.95. The Morgan fingerprint density at radius 2 is 1.57 bits per heavy atom. The van der Waals surface area contributed by atoms with Crippen molar-refractivity contribution in [3.8, 4) is 0 Å². The van der Waals surface area contributed by atoms with Crippen molar-refractivity contribution in [1.29, 1.82) is 0 Å². The summed E-state index contributed by atoms with van der Waals surface area (Å²) < 4.78 is 49.4. The predicted molar refractivity (Wildman–Crippen MR) is 77.9 cm³/mol. The van der Waals surface area contributed by atoms with Gasteiger partial charge in [-0.15, -0.1) is 0 Å². The fraction of sp³-hybridized carbons (Fsp3) is 0.200. The van der Waals surface area contributed by atoms with Crippen LogP contribution in [0, 0.1) is 11.6 Å². The molecule has 2 rings (SSSR count). The zero-order valence-electron chi connectivity index (χ0n) is 11.4. The fourth-order valence-electron chi connectivity index (χ4n) is 1.86. The second kappa shape index (κ2) is 6.22. The molecule has 2 aromatic carbocycles. The Morgan fingerprint density at radius 1 is 1.00 bits per heavy atom. The van der Waals surface area contributed by atoms with E-state index in [2.05, 4.69) is 5.32 Å². The summed E-state index contributed by atoms with van der Waals surface area (Å²) in [6.07, 6.45) is 0. The largest absolute Gasteiger partial charge is 0.381 e. The lowest BCUT2D eigenvalue weighted by atomic mass is 10.2. The lowest BCUT2D eigenvalue weighted by molar-refractivity contribution is 0.580. The summed E-state index contributed by atoms with van der Waals surface area (Å²) in [5, 5.41) is 2.98. The van der Waals surface area contributed by atoms with E-state index in [4.69, 9.17) is 0 Å². The third-order valence-corrected chi connectivity index (χ3v) is 4.76. The molecule has 0 atom stereocenters. The Kier molecular flexibility index (Phi) is 4.57. The summed E-state index contributed by atoms with van der Waals surface area (Å²) >= 11 is 0. The van der Waals surface area contributed by atoms with Crippen LogP contribution in [0.25, 0.3) is 0 Å². The van der Waals surface area contributed by atoms with E-state index in [0.29, 0.717) is 11.3 Å².